The lowest BCUT2D eigenvalue weighted by Crippen LogP contribution is -2.51. The quantitative estimate of drug-likeness (QED) is 0.693. The second-order valence-corrected chi connectivity index (χ2v) is 7.66. The van der Waals surface area contributed by atoms with Crippen molar-refractivity contribution in [2.45, 2.75) is 25.4 Å². The van der Waals surface area contributed by atoms with E-state index in [1.165, 1.54) is 0 Å². The van der Waals surface area contributed by atoms with E-state index < -0.39 is 5.60 Å². The summed E-state index contributed by atoms with van der Waals surface area (Å²) in [7, 11) is 1.78. The van der Waals surface area contributed by atoms with Crippen LogP contribution in [-0.2, 0) is 9.53 Å². The number of ether oxygens (including phenoxy) is 1. The summed E-state index contributed by atoms with van der Waals surface area (Å²) in [5.41, 5.74) is -0.394. The van der Waals surface area contributed by atoms with E-state index in [2.05, 4.69) is 22.0 Å². The number of piperidine rings is 1. The average molecular weight is 367 g/mol. The zero-order valence-electron chi connectivity index (χ0n) is 16.2. The van der Waals surface area contributed by atoms with Crippen molar-refractivity contribution in [2.75, 3.05) is 79.0 Å². The number of rotatable bonds is 6. The van der Waals surface area contributed by atoms with Gasteiger partial charge in [-0.2, -0.15) is 0 Å². The summed E-state index contributed by atoms with van der Waals surface area (Å²) in [6, 6.07) is 0. The highest BCUT2D eigenvalue weighted by atomic mass is 16.6. The van der Waals surface area contributed by atoms with Gasteiger partial charge in [0.05, 0.1) is 13.1 Å². The van der Waals surface area contributed by atoms with E-state index in [4.69, 9.17) is 4.74 Å². The fraction of sp³-hybridized carbons (Fsp3) is 0.889. The Kier molecular flexibility index (Phi) is 6.37. The standard InChI is InChI=1S/C18H33N5O3/c1-3-20-8-10-21(11-9-20)12-13-23-15-18(26-17(23)25)4-6-22(7-5-18)16(24)14-19-2/h19H,3-15H2,1-2H3. The minimum atomic E-state index is -0.394. The minimum Gasteiger partial charge on any atom is -0.441 e. The maximum Gasteiger partial charge on any atom is 0.410 e. The number of amides is 2. The molecule has 26 heavy (non-hydrogen) atoms. The highest BCUT2D eigenvalue weighted by molar-refractivity contribution is 5.78. The van der Waals surface area contributed by atoms with E-state index in [1.807, 2.05) is 9.80 Å². The molecule has 0 saturated carbocycles. The van der Waals surface area contributed by atoms with Crippen molar-refractivity contribution in [3.63, 3.8) is 0 Å². The third kappa shape index (κ3) is 4.47. The van der Waals surface area contributed by atoms with Crippen molar-refractivity contribution >= 4 is 12.0 Å². The molecular formula is C18H33N5O3. The van der Waals surface area contributed by atoms with Gasteiger partial charge in [0, 0.05) is 65.2 Å². The molecule has 3 heterocycles. The molecule has 1 spiro atoms. The number of likely N-dealkylation sites (N-methyl/N-ethyl adjacent to an activating group) is 2. The van der Waals surface area contributed by atoms with E-state index in [0.717, 1.165) is 58.7 Å². The van der Waals surface area contributed by atoms with Crippen LogP contribution < -0.4 is 5.32 Å². The molecule has 3 saturated heterocycles. The first-order chi connectivity index (χ1) is 12.5. The van der Waals surface area contributed by atoms with Crippen LogP contribution in [0.1, 0.15) is 19.8 Å². The molecule has 8 heteroatoms. The topological polar surface area (TPSA) is 68.4 Å². The molecule has 1 N–H and O–H groups in total. The molecular weight excluding hydrogens is 334 g/mol. The molecule has 0 radical (unpaired) electrons. The zero-order chi connectivity index (χ0) is 18.6. The molecule has 3 aliphatic rings. The predicted molar refractivity (Wildman–Crippen MR) is 99.1 cm³/mol. The van der Waals surface area contributed by atoms with Gasteiger partial charge in [0.15, 0.2) is 0 Å². The summed E-state index contributed by atoms with van der Waals surface area (Å²) < 4.78 is 5.77. The SMILES string of the molecule is CCN1CCN(CCN2CC3(CCN(C(=O)CNC)CC3)OC2=O)CC1. The summed E-state index contributed by atoms with van der Waals surface area (Å²) in [5.74, 6) is 0.120. The maximum atomic E-state index is 12.3. The highest BCUT2D eigenvalue weighted by Crippen LogP contribution is 2.33. The van der Waals surface area contributed by atoms with Gasteiger partial charge >= 0.3 is 6.09 Å². The molecule has 0 aliphatic carbocycles. The first-order valence-electron chi connectivity index (χ1n) is 9.90. The van der Waals surface area contributed by atoms with Crippen molar-refractivity contribution in [2.24, 2.45) is 0 Å². The van der Waals surface area contributed by atoms with Crippen molar-refractivity contribution in [3.05, 3.63) is 0 Å². The molecule has 3 aliphatic heterocycles. The fourth-order valence-corrected chi connectivity index (χ4v) is 4.14. The highest BCUT2D eigenvalue weighted by Gasteiger charge is 2.47. The molecule has 2 amide bonds. The van der Waals surface area contributed by atoms with E-state index >= 15 is 0 Å². The number of hydrogen-bond donors (Lipinski definition) is 1. The van der Waals surface area contributed by atoms with Crippen molar-refractivity contribution in [1.82, 2.24) is 24.9 Å². The first-order valence-corrected chi connectivity index (χ1v) is 9.90. The van der Waals surface area contributed by atoms with Gasteiger partial charge in [-0.15, -0.1) is 0 Å². The van der Waals surface area contributed by atoms with E-state index in [0.29, 0.717) is 26.2 Å². The Morgan fingerprint density at radius 3 is 2.35 bits per heavy atom. The monoisotopic (exact) mass is 367 g/mol. The van der Waals surface area contributed by atoms with Gasteiger partial charge in [-0.25, -0.2) is 4.79 Å². The molecule has 0 bridgehead atoms. The van der Waals surface area contributed by atoms with Gasteiger partial charge in [-0.05, 0) is 13.6 Å². The number of carbonyl (C=O) groups excluding carboxylic acids is 2. The van der Waals surface area contributed by atoms with Gasteiger partial charge in [-0.3, -0.25) is 9.69 Å². The van der Waals surface area contributed by atoms with E-state index in [1.54, 1.807) is 7.05 Å². The first kappa shape index (κ1) is 19.4. The van der Waals surface area contributed by atoms with E-state index in [-0.39, 0.29) is 12.0 Å². The lowest BCUT2D eigenvalue weighted by Gasteiger charge is -2.37. The average Bonchev–Trinajstić information content (AvgIpc) is 2.96. The number of likely N-dealkylation sites (tertiary alicyclic amines) is 1. The summed E-state index contributed by atoms with van der Waals surface area (Å²) >= 11 is 0. The van der Waals surface area contributed by atoms with Gasteiger partial charge in [0.25, 0.3) is 0 Å². The fourth-order valence-electron chi connectivity index (χ4n) is 4.14. The van der Waals surface area contributed by atoms with Gasteiger partial charge in [0.2, 0.25) is 5.91 Å². The largest absolute Gasteiger partial charge is 0.441 e. The Hall–Kier alpha value is -1.38. The molecule has 8 nitrogen and oxygen atoms in total. The smallest absolute Gasteiger partial charge is 0.410 e. The molecule has 0 aromatic heterocycles. The minimum absolute atomic E-state index is 0.120. The predicted octanol–water partition coefficient (Wildman–Crippen LogP) is -0.343. The summed E-state index contributed by atoms with van der Waals surface area (Å²) in [6.07, 6.45) is 1.28. The maximum absolute atomic E-state index is 12.3. The van der Waals surface area contributed by atoms with Crippen LogP contribution in [0.5, 0.6) is 0 Å². The third-order valence-corrected chi connectivity index (χ3v) is 5.99. The summed E-state index contributed by atoms with van der Waals surface area (Å²) in [6.45, 7) is 11.7. The lowest BCUT2D eigenvalue weighted by atomic mass is 9.91. The second-order valence-electron chi connectivity index (χ2n) is 7.66. The van der Waals surface area contributed by atoms with E-state index in [9.17, 15) is 9.59 Å². The lowest BCUT2D eigenvalue weighted by molar-refractivity contribution is -0.133. The molecule has 0 atom stereocenters. The van der Waals surface area contributed by atoms with Crippen LogP contribution in [0.3, 0.4) is 0 Å². The number of piperazine rings is 1. The number of carbonyl (C=O) groups is 2. The summed E-state index contributed by atoms with van der Waals surface area (Å²) in [4.78, 5) is 32.9. The molecule has 0 aromatic carbocycles. The summed E-state index contributed by atoms with van der Waals surface area (Å²) in [5, 5.41) is 2.90. The van der Waals surface area contributed by atoms with Crippen LogP contribution in [0.15, 0.2) is 0 Å². The number of hydrogen-bond acceptors (Lipinski definition) is 6. The van der Waals surface area contributed by atoms with Crippen LogP contribution >= 0.6 is 0 Å². The third-order valence-electron chi connectivity index (χ3n) is 5.99. The Morgan fingerprint density at radius 2 is 1.73 bits per heavy atom. The van der Waals surface area contributed by atoms with Gasteiger partial charge < -0.3 is 24.8 Å². The Bertz CT molecular complexity index is 499. The molecule has 3 rings (SSSR count). The zero-order valence-corrected chi connectivity index (χ0v) is 16.2. The number of nitrogens with one attached hydrogen (secondary N) is 1. The second kappa shape index (κ2) is 8.54. The molecule has 3 fully saturated rings. The van der Waals surface area contributed by atoms with Crippen LogP contribution in [0.4, 0.5) is 4.79 Å². The molecule has 0 aromatic rings. The normalized spacial score (nSPS) is 24.3. The van der Waals surface area contributed by atoms with Crippen LogP contribution in [-0.4, -0.2) is 116 Å². The Balaban J connectivity index is 1.43. The van der Waals surface area contributed by atoms with Crippen LogP contribution in [0, 0.1) is 0 Å². The molecule has 0 unspecified atom stereocenters. The number of nitrogens with zero attached hydrogens (tertiary/aromatic N) is 4. The van der Waals surface area contributed by atoms with Crippen LogP contribution in [0.2, 0.25) is 0 Å². The Labute approximate surface area is 156 Å². The van der Waals surface area contributed by atoms with Crippen molar-refractivity contribution in [3.8, 4) is 0 Å². The van der Waals surface area contributed by atoms with Gasteiger partial charge in [-0.1, -0.05) is 6.92 Å². The molecule has 148 valence electrons. The van der Waals surface area contributed by atoms with Crippen LogP contribution in [0.25, 0.3) is 0 Å². The van der Waals surface area contributed by atoms with Crippen molar-refractivity contribution in [1.29, 1.82) is 0 Å². The van der Waals surface area contributed by atoms with Gasteiger partial charge in [0.1, 0.15) is 5.60 Å². The Morgan fingerprint density at radius 1 is 1.08 bits per heavy atom. The van der Waals surface area contributed by atoms with Crippen molar-refractivity contribution < 1.29 is 14.3 Å².